The van der Waals surface area contributed by atoms with E-state index >= 15 is 0 Å². The lowest BCUT2D eigenvalue weighted by Gasteiger charge is -2.22. The van der Waals surface area contributed by atoms with Crippen molar-refractivity contribution in [3.05, 3.63) is 63.4 Å². The Bertz CT molecular complexity index is 847. The zero-order valence-electron chi connectivity index (χ0n) is 12.3. The Morgan fingerprint density at radius 3 is 2.86 bits per heavy atom. The van der Waals surface area contributed by atoms with E-state index in [4.69, 9.17) is 0 Å². The summed E-state index contributed by atoms with van der Waals surface area (Å²) in [5, 5.41) is 17.4. The first-order valence-electron chi connectivity index (χ1n) is 7.10. The number of hydrogen-bond donors (Lipinski definition) is 1. The summed E-state index contributed by atoms with van der Waals surface area (Å²) in [6.45, 7) is 4.25. The third-order valence-corrected chi connectivity index (χ3v) is 4.92. The summed E-state index contributed by atoms with van der Waals surface area (Å²) in [5.41, 5.74) is 4.76. The molecule has 0 bridgehead atoms. The predicted octanol–water partition coefficient (Wildman–Crippen LogP) is 3.41. The molecule has 1 aliphatic rings. The van der Waals surface area contributed by atoms with Crippen LogP contribution in [-0.2, 0) is 0 Å². The Morgan fingerprint density at radius 1 is 1.18 bits per heavy atom. The van der Waals surface area contributed by atoms with Crippen LogP contribution in [0.2, 0.25) is 0 Å². The Kier molecular flexibility index (Phi) is 3.04. The quantitative estimate of drug-likeness (QED) is 0.788. The number of anilines is 1. The molecule has 4 rings (SSSR count). The first kappa shape index (κ1) is 13.2. The van der Waals surface area contributed by atoms with Gasteiger partial charge in [0.15, 0.2) is 0 Å². The maximum Gasteiger partial charge on any atom is 0.248 e. The van der Waals surface area contributed by atoms with Gasteiger partial charge in [0, 0.05) is 10.6 Å². The average molecular weight is 309 g/mol. The number of rotatable bonds is 2. The molecule has 3 heterocycles. The third kappa shape index (κ3) is 2.12. The zero-order chi connectivity index (χ0) is 15.1. The predicted molar refractivity (Wildman–Crippen MR) is 87.8 cm³/mol. The van der Waals surface area contributed by atoms with Crippen LogP contribution in [-0.4, -0.2) is 20.2 Å². The number of nitrogens with one attached hydrogen (secondary N) is 1. The van der Waals surface area contributed by atoms with Crippen molar-refractivity contribution >= 4 is 23.0 Å². The second kappa shape index (κ2) is 5.06. The van der Waals surface area contributed by atoms with Gasteiger partial charge >= 0.3 is 0 Å². The summed E-state index contributed by atoms with van der Waals surface area (Å²) in [4.78, 5) is 1.22. The van der Waals surface area contributed by atoms with Crippen LogP contribution < -0.4 is 5.32 Å². The molecule has 3 aromatic rings. The molecule has 22 heavy (non-hydrogen) atoms. The van der Waals surface area contributed by atoms with Crippen LogP contribution in [0.15, 0.2) is 41.8 Å². The van der Waals surface area contributed by atoms with E-state index in [2.05, 4.69) is 76.5 Å². The van der Waals surface area contributed by atoms with Gasteiger partial charge in [-0.15, -0.1) is 11.3 Å². The summed E-state index contributed by atoms with van der Waals surface area (Å²) in [7, 11) is 0. The first-order chi connectivity index (χ1) is 10.7. The van der Waals surface area contributed by atoms with Crippen molar-refractivity contribution in [2.45, 2.75) is 19.9 Å². The minimum atomic E-state index is 0.0304. The monoisotopic (exact) mass is 309 g/mol. The second-order valence-electron chi connectivity index (χ2n) is 5.41. The average Bonchev–Trinajstić information content (AvgIpc) is 3.19. The highest BCUT2D eigenvalue weighted by atomic mass is 32.1. The molecule has 0 aliphatic carbocycles. The first-order valence-corrected chi connectivity index (χ1v) is 7.98. The van der Waals surface area contributed by atoms with Crippen LogP contribution >= 0.6 is 11.3 Å². The molecule has 1 atom stereocenters. The van der Waals surface area contributed by atoms with E-state index in [1.807, 2.05) is 4.68 Å². The van der Waals surface area contributed by atoms with E-state index in [1.54, 1.807) is 11.3 Å². The number of tetrazole rings is 1. The van der Waals surface area contributed by atoms with Crippen molar-refractivity contribution in [2.75, 3.05) is 5.32 Å². The highest BCUT2D eigenvalue weighted by molar-refractivity contribution is 7.10. The van der Waals surface area contributed by atoms with Gasteiger partial charge in [-0.2, -0.15) is 4.68 Å². The summed E-state index contributed by atoms with van der Waals surface area (Å²) in [6, 6.07) is 10.7. The van der Waals surface area contributed by atoms with Crippen molar-refractivity contribution in [1.29, 1.82) is 0 Å². The number of allylic oxidation sites excluding steroid dienone is 1. The number of nitrogens with zero attached hydrogens (tertiary/aromatic N) is 4. The van der Waals surface area contributed by atoms with Gasteiger partial charge in [0.05, 0.1) is 0 Å². The minimum Gasteiger partial charge on any atom is -0.323 e. The Morgan fingerprint density at radius 2 is 2.09 bits per heavy atom. The van der Waals surface area contributed by atoms with Gasteiger partial charge in [-0.05, 0) is 64.6 Å². The van der Waals surface area contributed by atoms with Crippen molar-refractivity contribution in [3.8, 4) is 0 Å². The van der Waals surface area contributed by atoms with Crippen molar-refractivity contribution in [1.82, 2.24) is 20.2 Å². The van der Waals surface area contributed by atoms with Gasteiger partial charge in [0.1, 0.15) is 6.04 Å². The molecule has 0 fully saturated rings. The lowest BCUT2D eigenvalue weighted by Crippen LogP contribution is -2.19. The van der Waals surface area contributed by atoms with Gasteiger partial charge in [0.2, 0.25) is 5.95 Å². The number of thiophene rings is 1. The van der Waals surface area contributed by atoms with Gasteiger partial charge in [-0.3, -0.25) is 0 Å². The molecular formula is C16H15N5S. The van der Waals surface area contributed by atoms with E-state index in [1.165, 1.54) is 16.0 Å². The molecule has 1 N–H and O–H groups in total. The molecule has 1 aliphatic heterocycles. The number of aryl methyl sites for hydroxylation is 2. The molecular weight excluding hydrogens is 294 g/mol. The van der Waals surface area contributed by atoms with Crippen LogP contribution in [0.1, 0.15) is 27.6 Å². The maximum atomic E-state index is 4.11. The largest absolute Gasteiger partial charge is 0.323 e. The molecule has 1 unspecified atom stereocenters. The van der Waals surface area contributed by atoms with Crippen molar-refractivity contribution in [2.24, 2.45) is 0 Å². The zero-order valence-corrected chi connectivity index (χ0v) is 13.1. The van der Waals surface area contributed by atoms with Crippen molar-refractivity contribution < 1.29 is 0 Å². The molecule has 5 nitrogen and oxygen atoms in total. The molecule has 2 aromatic heterocycles. The summed E-state index contributed by atoms with van der Waals surface area (Å²) < 4.78 is 1.82. The highest BCUT2D eigenvalue weighted by Gasteiger charge is 2.24. The van der Waals surface area contributed by atoms with E-state index < -0.39 is 0 Å². The van der Waals surface area contributed by atoms with Gasteiger partial charge in [0.25, 0.3) is 0 Å². The fraction of sp³-hybridized carbons (Fsp3) is 0.188. The molecule has 6 heteroatoms. The van der Waals surface area contributed by atoms with Crippen LogP contribution in [0.5, 0.6) is 0 Å². The lowest BCUT2D eigenvalue weighted by atomic mass is 10.0. The van der Waals surface area contributed by atoms with Crippen LogP contribution in [0.3, 0.4) is 0 Å². The summed E-state index contributed by atoms with van der Waals surface area (Å²) in [5.74, 6) is 0.675. The smallest absolute Gasteiger partial charge is 0.248 e. The Hall–Kier alpha value is -2.47. The molecule has 0 amide bonds. The second-order valence-corrected chi connectivity index (χ2v) is 6.39. The minimum absolute atomic E-state index is 0.0304. The van der Waals surface area contributed by atoms with Crippen LogP contribution in [0.4, 0.5) is 5.95 Å². The molecule has 0 radical (unpaired) electrons. The third-order valence-electron chi connectivity index (χ3n) is 3.98. The van der Waals surface area contributed by atoms with E-state index in [9.17, 15) is 0 Å². The topological polar surface area (TPSA) is 55.6 Å². The maximum absolute atomic E-state index is 4.11. The number of benzene rings is 1. The Balaban J connectivity index is 1.81. The number of fused-ring (bicyclic) bond motifs is 1. The SMILES string of the molecule is Cc1ccc(C2=CC(c3cccs3)n3nnnc3N2)cc1C. The van der Waals surface area contributed by atoms with Gasteiger partial charge < -0.3 is 5.32 Å². The van der Waals surface area contributed by atoms with Crippen molar-refractivity contribution in [3.63, 3.8) is 0 Å². The molecule has 0 spiro atoms. The number of aromatic nitrogens is 4. The van der Waals surface area contributed by atoms with E-state index in [-0.39, 0.29) is 6.04 Å². The summed E-state index contributed by atoms with van der Waals surface area (Å²) in [6.07, 6.45) is 2.18. The standard InChI is InChI=1S/C16H15N5S/c1-10-5-6-12(8-11(10)2)13-9-14(15-4-3-7-22-15)21-16(17-13)18-19-20-21/h3-9,14H,1-2H3,(H,17,18,20). The Labute approximate surface area is 132 Å². The van der Waals surface area contributed by atoms with Gasteiger partial charge in [-0.25, -0.2) is 0 Å². The van der Waals surface area contributed by atoms with E-state index in [0.29, 0.717) is 5.95 Å². The molecule has 0 saturated heterocycles. The lowest BCUT2D eigenvalue weighted by molar-refractivity contribution is 0.593. The molecule has 110 valence electrons. The van der Waals surface area contributed by atoms with Gasteiger partial charge in [-0.1, -0.05) is 23.3 Å². The van der Waals surface area contributed by atoms with Crippen LogP contribution in [0.25, 0.3) is 5.70 Å². The number of hydrogen-bond acceptors (Lipinski definition) is 5. The van der Waals surface area contributed by atoms with Crippen LogP contribution in [0, 0.1) is 13.8 Å². The molecule has 0 saturated carbocycles. The fourth-order valence-corrected chi connectivity index (χ4v) is 3.37. The van der Waals surface area contributed by atoms with E-state index in [0.717, 1.165) is 11.3 Å². The highest BCUT2D eigenvalue weighted by Crippen LogP contribution is 2.33. The normalized spacial score (nSPS) is 16.8. The fourth-order valence-electron chi connectivity index (χ4n) is 2.59. The summed E-state index contributed by atoms with van der Waals surface area (Å²) >= 11 is 1.71. The molecule has 1 aromatic carbocycles.